The van der Waals surface area contributed by atoms with E-state index in [9.17, 15) is 4.79 Å². The van der Waals surface area contributed by atoms with E-state index >= 15 is 0 Å². The second kappa shape index (κ2) is 7.25. The van der Waals surface area contributed by atoms with Crippen molar-refractivity contribution < 1.29 is 4.79 Å². The molecule has 1 rings (SSSR count). The zero-order valence-electron chi connectivity index (χ0n) is 9.96. The van der Waals surface area contributed by atoms with E-state index in [1.165, 1.54) is 11.1 Å². The van der Waals surface area contributed by atoms with Gasteiger partial charge in [-0.05, 0) is 44.2 Å². The van der Waals surface area contributed by atoms with Gasteiger partial charge in [-0.2, -0.15) is 0 Å². The van der Waals surface area contributed by atoms with E-state index in [4.69, 9.17) is 0 Å². The number of amides is 1. The van der Waals surface area contributed by atoms with Crippen LogP contribution in [0.25, 0.3) is 0 Å². The maximum Gasteiger partial charge on any atom is 0.225 e. The molecule has 0 unspecified atom stereocenters. The van der Waals surface area contributed by atoms with Crippen LogP contribution in [0.2, 0.25) is 0 Å². The summed E-state index contributed by atoms with van der Waals surface area (Å²) in [4.78, 5) is 11.4. The number of carbonyl (C=O) groups excluding carboxylic acids is 1. The maximum atomic E-state index is 11.4. The van der Waals surface area contributed by atoms with Crippen molar-refractivity contribution in [2.75, 3.05) is 18.9 Å². The molecule has 3 nitrogen and oxygen atoms in total. The van der Waals surface area contributed by atoms with E-state index in [0.717, 1.165) is 5.69 Å². The van der Waals surface area contributed by atoms with Crippen molar-refractivity contribution in [2.24, 2.45) is 0 Å². The standard InChI is InChI=1S/C12H18N2O.ClH/c1-9-4-5-11(8-10(9)2)14-12(15)6-7-13-3;/h4-5,8,13H,6-7H2,1-3H3,(H,14,15);1H. The third-order valence-corrected chi connectivity index (χ3v) is 2.39. The minimum atomic E-state index is 0. The van der Waals surface area contributed by atoms with Gasteiger partial charge in [0, 0.05) is 18.7 Å². The van der Waals surface area contributed by atoms with Crippen LogP contribution in [-0.2, 0) is 4.79 Å². The van der Waals surface area contributed by atoms with Gasteiger partial charge in [0.25, 0.3) is 0 Å². The van der Waals surface area contributed by atoms with Crippen molar-refractivity contribution in [3.63, 3.8) is 0 Å². The SMILES string of the molecule is CNCCC(=O)Nc1ccc(C)c(C)c1.Cl. The van der Waals surface area contributed by atoms with E-state index in [1.54, 1.807) is 0 Å². The van der Waals surface area contributed by atoms with E-state index < -0.39 is 0 Å². The summed E-state index contributed by atoms with van der Waals surface area (Å²) in [5, 5.41) is 5.81. The zero-order chi connectivity index (χ0) is 11.3. The quantitative estimate of drug-likeness (QED) is 0.851. The van der Waals surface area contributed by atoms with Crippen molar-refractivity contribution in [3.8, 4) is 0 Å². The molecule has 0 bridgehead atoms. The lowest BCUT2D eigenvalue weighted by Crippen LogP contribution is -2.18. The molecule has 0 aromatic heterocycles. The van der Waals surface area contributed by atoms with Crippen LogP contribution in [0.4, 0.5) is 5.69 Å². The fourth-order valence-corrected chi connectivity index (χ4v) is 1.28. The Bertz CT molecular complexity index is 353. The molecular formula is C12H19ClN2O. The van der Waals surface area contributed by atoms with E-state index in [1.807, 2.05) is 32.2 Å². The summed E-state index contributed by atoms with van der Waals surface area (Å²) in [7, 11) is 1.84. The molecule has 0 spiro atoms. The van der Waals surface area contributed by atoms with Crippen LogP contribution >= 0.6 is 12.4 Å². The molecule has 0 saturated carbocycles. The van der Waals surface area contributed by atoms with E-state index in [-0.39, 0.29) is 18.3 Å². The Hall–Kier alpha value is -1.06. The maximum absolute atomic E-state index is 11.4. The number of hydrogen-bond acceptors (Lipinski definition) is 2. The Morgan fingerprint density at radius 3 is 2.50 bits per heavy atom. The largest absolute Gasteiger partial charge is 0.326 e. The molecule has 0 aliphatic rings. The summed E-state index contributed by atoms with van der Waals surface area (Å²) in [6.45, 7) is 4.80. The Morgan fingerprint density at radius 1 is 1.25 bits per heavy atom. The third-order valence-electron chi connectivity index (χ3n) is 2.39. The molecule has 16 heavy (non-hydrogen) atoms. The van der Waals surface area contributed by atoms with Gasteiger partial charge in [-0.1, -0.05) is 6.07 Å². The highest BCUT2D eigenvalue weighted by Gasteiger charge is 2.01. The summed E-state index contributed by atoms with van der Waals surface area (Å²) < 4.78 is 0. The van der Waals surface area contributed by atoms with Gasteiger partial charge < -0.3 is 10.6 Å². The molecule has 0 aliphatic carbocycles. The van der Waals surface area contributed by atoms with Gasteiger partial charge >= 0.3 is 0 Å². The average molecular weight is 243 g/mol. The minimum absolute atomic E-state index is 0. The van der Waals surface area contributed by atoms with Gasteiger partial charge in [-0.25, -0.2) is 0 Å². The first-order valence-electron chi connectivity index (χ1n) is 5.15. The number of carbonyl (C=O) groups is 1. The first kappa shape index (κ1) is 14.9. The number of rotatable bonds is 4. The molecule has 2 N–H and O–H groups in total. The third kappa shape index (κ3) is 4.64. The highest BCUT2D eigenvalue weighted by Crippen LogP contribution is 2.14. The number of aryl methyl sites for hydroxylation is 2. The zero-order valence-corrected chi connectivity index (χ0v) is 10.8. The number of nitrogens with one attached hydrogen (secondary N) is 2. The Labute approximate surface area is 103 Å². The van der Waals surface area contributed by atoms with Gasteiger partial charge in [0.15, 0.2) is 0 Å². The minimum Gasteiger partial charge on any atom is -0.326 e. The van der Waals surface area contributed by atoms with Crippen LogP contribution in [0.15, 0.2) is 18.2 Å². The molecule has 0 saturated heterocycles. The molecule has 1 amide bonds. The number of halogens is 1. The Morgan fingerprint density at radius 2 is 1.94 bits per heavy atom. The smallest absolute Gasteiger partial charge is 0.225 e. The first-order chi connectivity index (χ1) is 7.13. The van der Waals surface area contributed by atoms with Crippen molar-refractivity contribution >= 4 is 24.0 Å². The molecule has 1 aromatic carbocycles. The van der Waals surface area contributed by atoms with Crippen LogP contribution in [0.1, 0.15) is 17.5 Å². The van der Waals surface area contributed by atoms with Crippen LogP contribution < -0.4 is 10.6 Å². The Kier molecular flexibility index (Phi) is 6.77. The second-order valence-electron chi connectivity index (χ2n) is 3.70. The van der Waals surface area contributed by atoms with Gasteiger partial charge in [0.05, 0.1) is 0 Å². The highest BCUT2D eigenvalue weighted by atomic mass is 35.5. The van der Waals surface area contributed by atoms with Gasteiger partial charge in [0.1, 0.15) is 0 Å². The molecule has 0 atom stereocenters. The normalized spacial score (nSPS) is 9.44. The lowest BCUT2D eigenvalue weighted by atomic mass is 10.1. The molecule has 0 aliphatic heterocycles. The topological polar surface area (TPSA) is 41.1 Å². The lowest BCUT2D eigenvalue weighted by molar-refractivity contribution is -0.116. The first-order valence-corrected chi connectivity index (χ1v) is 5.15. The molecule has 0 radical (unpaired) electrons. The lowest BCUT2D eigenvalue weighted by Gasteiger charge is -2.07. The summed E-state index contributed by atoms with van der Waals surface area (Å²) in [6.07, 6.45) is 0.503. The van der Waals surface area contributed by atoms with Crippen molar-refractivity contribution in [1.29, 1.82) is 0 Å². The van der Waals surface area contributed by atoms with Gasteiger partial charge in [0.2, 0.25) is 5.91 Å². The van der Waals surface area contributed by atoms with Crippen LogP contribution in [-0.4, -0.2) is 19.5 Å². The predicted octanol–water partition coefficient (Wildman–Crippen LogP) is 2.27. The molecule has 0 fully saturated rings. The van der Waals surface area contributed by atoms with Crippen molar-refractivity contribution in [2.45, 2.75) is 20.3 Å². The summed E-state index contributed by atoms with van der Waals surface area (Å²) in [5.74, 6) is 0.0487. The van der Waals surface area contributed by atoms with Gasteiger partial charge in [-0.15, -0.1) is 12.4 Å². The number of anilines is 1. The molecular weight excluding hydrogens is 224 g/mol. The summed E-state index contributed by atoms with van der Waals surface area (Å²) in [6, 6.07) is 5.94. The highest BCUT2D eigenvalue weighted by molar-refractivity contribution is 5.90. The van der Waals surface area contributed by atoms with Crippen LogP contribution in [0, 0.1) is 13.8 Å². The summed E-state index contributed by atoms with van der Waals surface area (Å²) >= 11 is 0. The van der Waals surface area contributed by atoms with Crippen molar-refractivity contribution in [1.82, 2.24) is 5.32 Å². The average Bonchev–Trinajstić information content (AvgIpc) is 2.20. The monoisotopic (exact) mass is 242 g/mol. The van der Waals surface area contributed by atoms with E-state index in [0.29, 0.717) is 13.0 Å². The second-order valence-corrected chi connectivity index (χ2v) is 3.70. The molecule has 90 valence electrons. The summed E-state index contributed by atoms with van der Waals surface area (Å²) in [5.41, 5.74) is 3.31. The number of benzene rings is 1. The predicted molar refractivity (Wildman–Crippen MR) is 70.3 cm³/mol. The fourth-order valence-electron chi connectivity index (χ4n) is 1.28. The molecule has 4 heteroatoms. The van der Waals surface area contributed by atoms with Crippen LogP contribution in [0.5, 0.6) is 0 Å². The van der Waals surface area contributed by atoms with Gasteiger partial charge in [-0.3, -0.25) is 4.79 Å². The van der Waals surface area contributed by atoms with Crippen molar-refractivity contribution in [3.05, 3.63) is 29.3 Å². The fraction of sp³-hybridized carbons (Fsp3) is 0.417. The Balaban J connectivity index is 0.00000225. The van der Waals surface area contributed by atoms with Crippen LogP contribution in [0.3, 0.4) is 0 Å². The number of hydrogen-bond donors (Lipinski definition) is 2. The molecule has 1 aromatic rings. The molecule has 0 heterocycles. The van der Waals surface area contributed by atoms with E-state index in [2.05, 4.69) is 17.6 Å².